The van der Waals surface area contributed by atoms with Crippen molar-refractivity contribution in [3.8, 4) is 0 Å². The molecule has 1 amide bonds. The molecule has 4 bridgehead atoms. The molecule has 4 aliphatic carbocycles. The van der Waals surface area contributed by atoms with Crippen LogP contribution in [0.25, 0.3) is 10.8 Å². The van der Waals surface area contributed by atoms with Gasteiger partial charge in [0.2, 0.25) is 5.91 Å². The fourth-order valence-electron chi connectivity index (χ4n) is 7.44. The summed E-state index contributed by atoms with van der Waals surface area (Å²) in [7, 11) is 0. The standard InChI is InChI=1S/C28H31N3O2/c32-26(18-28-15-20-12-21(16-28)14-22(13-20)17-28)30-25-3-1-2-24-23(25)7-11-31(27(24)33)10-6-19-4-8-29-9-5-19/h1-5,7-9,11,20-22H,6,10,12-18H2,(H,30,32). The summed E-state index contributed by atoms with van der Waals surface area (Å²) in [6.07, 6.45) is 14.6. The molecule has 33 heavy (non-hydrogen) atoms. The van der Waals surface area contributed by atoms with Crippen LogP contribution in [-0.4, -0.2) is 15.5 Å². The molecule has 170 valence electrons. The number of hydrogen-bond donors (Lipinski definition) is 1. The maximum absolute atomic E-state index is 13.2. The van der Waals surface area contributed by atoms with Crippen molar-refractivity contribution in [1.82, 2.24) is 9.55 Å². The molecule has 1 N–H and O–H groups in total. The summed E-state index contributed by atoms with van der Waals surface area (Å²) >= 11 is 0. The van der Waals surface area contributed by atoms with Crippen LogP contribution in [0.15, 0.2) is 59.8 Å². The Balaban J connectivity index is 1.19. The maximum atomic E-state index is 13.2. The van der Waals surface area contributed by atoms with Crippen molar-refractivity contribution >= 4 is 22.4 Å². The number of pyridine rings is 2. The van der Waals surface area contributed by atoms with E-state index in [0.717, 1.165) is 40.8 Å². The second-order valence-corrected chi connectivity index (χ2v) is 10.8. The van der Waals surface area contributed by atoms with Gasteiger partial charge in [-0.25, -0.2) is 0 Å². The van der Waals surface area contributed by atoms with Crippen molar-refractivity contribution in [3.63, 3.8) is 0 Å². The van der Waals surface area contributed by atoms with Gasteiger partial charge in [0.05, 0.1) is 0 Å². The summed E-state index contributed by atoms with van der Waals surface area (Å²) in [6.45, 7) is 0.612. The lowest BCUT2D eigenvalue weighted by Gasteiger charge is -2.56. The number of aryl methyl sites for hydroxylation is 2. The Bertz CT molecular complexity index is 1210. The minimum absolute atomic E-state index is 0.0151. The topological polar surface area (TPSA) is 64.0 Å². The Kier molecular flexibility index (Phi) is 5.08. The van der Waals surface area contributed by atoms with E-state index in [1.165, 1.54) is 38.5 Å². The van der Waals surface area contributed by atoms with Crippen molar-refractivity contribution < 1.29 is 4.79 Å². The fraction of sp³-hybridized carbons (Fsp3) is 0.464. The zero-order chi connectivity index (χ0) is 22.4. The number of hydrogen-bond acceptors (Lipinski definition) is 3. The summed E-state index contributed by atoms with van der Waals surface area (Å²) in [4.78, 5) is 30.3. The highest BCUT2D eigenvalue weighted by Crippen LogP contribution is 2.61. The van der Waals surface area contributed by atoms with Crippen LogP contribution in [0, 0.1) is 23.2 Å². The molecule has 0 radical (unpaired) electrons. The van der Waals surface area contributed by atoms with E-state index in [2.05, 4.69) is 10.3 Å². The van der Waals surface area contributed by atoms with Gasteiger partial charge in [0.1, 0.15) is 0 Å². The first-order valence-corrected chi connectivity index (χ1v) is 12.4. The molecule has 0 spiro atoms. The maximum Gasteiger partial charge on any atom is 0.258 e. The fourth-order valence-corrected chi connectivity index (χ4v) is 7.44. The molecule has 7 rings (SSSR count). The van der Waals surface area contributed by atoms with Crippen LogP contribution in [0.4, 0.5) is 5.69 Å². The molecule has 0 unspecified atom stereocenters. The summed E-state index contributed by atoms with van der Waals surface area (Å²) in [5.41, 5.74) is 2.10. The molecule has 3 aromatic rings. The van der Waals surface area contributed by atoms with E-state index in [1.54, 1.807) is 17.0 Å². The van der Waals surface area contributed by atoms with E-state index >= 15 is 0 Å². The minimum Gasteiger partial charge on any atom is -0.325 e. The molecule has 0 atom stereocenters. The molecule has 4 aliphatic rings. The molecule has 2 aromatic heterocycles. The van der Waals surface area contributed by atoms with Crippen LogP contribution >= 0.6 is 0 Å². The van der Waals surface area contributed by atoms with E-state index in [-0.39, 0.29) is 16.9 Å². The molecule has 0 aliphatic heterocycles. The number of anilines is 1. The summed E-state index contributed by atoms with van der Waals surface area (Å²) in [5.74, 6) is 2.62. The van der Waals surface area contributed by atoms with E-state index in [4.69, 9.17) is 0 Å². The summed E-state index contributed by atoms with van der Waals surface area (Å²) < 4.78 is 1.75. The second kappa shape index (κ2) is 8.12. The van der Waals surface area contributed by atoms with Gasteiger partial charge in [0.25, 0.3) is 5.56 Å². The highest BCUT2D eigenvalue weighted by Gasteiger charge is 2.51. The normalized spacial score (nSPS) is 27.7. The van der Waals surface area contributed by atoms with Crippen LogP contribution in [0.3, 0.4) is 0 Å². The third-order valence-electron chi connectivity index (χ3n) is 8.38. The number of nitrogens with one attached hydrogen (secondary N) is 1. The largest absolute Gasteiger partial charge is 0.325 e. The number of fused-ring (bicyclic) bond motifs is 1. The van der Waals surface area contributed by atoms with Crippen molar-refractivity contribution in [2.24, 2.45) is 23.2 Å². The first kappa shape index (κ1) is 20.6. The first-order valence-electron chi connectivity index (χ1n) is 12.4. The van der Waals surface area contributed by atoms with Gasteiger partial charge >= 0.3 is 0 Å². The third-order valence-corrected chi connectivity index (χ3v) is 8.38. The molecule has 1 aromatic carbocycles. The lowest BCUT2D eigenvalue weighted by molar-refractivity contribution is -0.124. The summed E-state index contributed by atoms with van der Waals surface area (Å²) in [6, 6.07) is 11.6. The van der Waals surface area contributed by atoms with Gasteiger partial charge in [0.15, 0.2) is 0 Å². The predicted molar refractivity (Wildman–Crippen MR) is 130 cm³/mol. The number of amides is 1. The molecule has 4 fully saturated rings. The SMILES string of the molecule is O=C(CC12CC3CC(CC(C3)C1)C2)Nc1cccc2c(=O)n(CCc3ccncc3)ccc12. The van der Waals surface area contributed by atoms with Gasteiger partial charge in [0, 0.05) is 48.0 Å². The van der Waals surface area contributed by atoms with E-state index in [1.807, 2.05) is 42.6 Å². The van der Waals surface area contributed by atoms with Crippen LogP contribution in [0.2, 0.25) is 0 Å². The third kappa shape index (κ3) is 3.98. The van der Waals surface area contributed by atoms with Crippen molar-refractivity contribution in [1.29, 1.82) is 0 Å². The Labute approximate surface area is 194 Å². The van der Waals surface area contributed by atoms with Crippen LogP contribution < -0.4 is 10.9 Å². The molecule has 4 saturated carbocycles. The lowest BCUT2D eigenvalue weighted by Crippen LogP contribution is -2.47. The lowest BCUT2D eigenvalue weighted by atomic mass is 9.49. The van der Waals surface area contributed by atoms with Crippen LogP contribution in [0.5, 0.6) is 0 Å². The molecule has 5 heteroatoms. The number of nitrogens with zero attached hydrogens (tertiary/aromatic N) is 2. The average Bonchev–Trinajstić information content (AvgIpc) is 2.78. The number of aromatic nitrogens is 2. The van der Waals surface area contributed by atoms with Gasteiger partial charge in [-0.1, -0.05) is 6.07 Å². The number of rotatable bonds is 6. The second-order valence-electron chi connectivity index (χ2n) is 10.8. The first-order chi connectivity index (χ1) is 16.1. The Morgan fingerprint density at radius 2 is 1.67 bits per heavy atom. The molecular formula is C28H31N3O2. The Morgan fingerprint density at radius 3 is 2.36 bits per heavy atom. The number of carbonyl (C=O) groups excluding carboxylic acids is 1. The highest BCUT2D eigenvalue weighted by atomic mass is 16.1. The van der Waals surface area contributed by atoms with Gasteiger partial charge in [-0.3, -0.25) is 14.6 Å². The van der Waals surface area contributed by atoms with Gasteiger partial charge in [-0.05, 0) is 104 Å². The van der Waals surface area contributed by atoms with E-state index in [0.29, 0.717) is 18.4 Å². The van der Waals surface area contributed by atoms with Gasteiger partial charge in [-0.2, -0.15) is 0 Å². The molecule has 0 saturated heterocycles. The van der Waals surface area contributed by atoms with Crippen molar-refractivity contribution in [2.45, 2.75) is 57.9 Å². The number of carbonyl (C=O) groups is 1. The minimum atomic E-state index is -0.0151. The molecule has 5 nitrogen and oxygen atoms in total. The molecular weight excluding hydrogens is 410 g/mol. The van der Waals surface area contributed by atoms with Crippen molar-refractivity contribution in [2.75, 3.05) is 5.32 Å². The zero-order valence-corrected chi connectivity index (χ0v) is 19.0. The molecule has 2 heterocycles. The quantitative estimate of drug-likeness (QED) is 0.573. The predicted octanol–water partition coefficient (Wildman–Crippen LogP) is 5.18. The van der Waals surface area contributed by atoms with Crippen molar-refractivity contribution in [3.05, 3.63) is 70.9 Å². The Morgan fingerprint density at radius 1 is 0.970 bits per heavy atom. The number of benzene rings is 1. The highest BCUT2D eigenvalue weighted by molar-refractivity contribution is 6.02. The average molecular weight is 442 g/mol. The van der Waals surface area contributed by atoms with Crippen LogP contribution in [0.1, 0.15) is 50.5 Å². The smallest absolute Gasteiger partial charge is 0.258 e. The zero-order valence-electron chi connectivity index (χ0n) is 19.0. The van der Waals surface area contributed by atoms with E-state index in [9.17, 15) is 9.59 Å². The van der Waals surface area contributed by atoms with Crippen LogP contribution in [-0.2, 0) is 17.8 Å². The van der Waals surface area contributed by atoms with E-state index < -0.39 is 0 Å². The summed E-state index contributed by atoms with van der Waals surface area (Å²) in [5, 5.41) is 4.64. The van der Waals surface area contributed by atoms with Gasteiger partial charge in [-0.15, -0.1) is 0 Å². The monoisotopic (exact) mass is 441 g/mol. The van der Waals surface area contributed by atoms with Gasteiger partial charge < -0.3 is 9.88 Å². The Hall–Kier alpha value is -2.95.